The third kappa shape index (κ3) is 3.33. The topological polar surface area (TPSA) is 54.2 Å². The lowest BCUT2D eigenvalue weighted by Crippen LogP contribution is -2.53. The summed E-state index contributed by atoms with van der Waals surface area (Å²) in [4.78, 5) is 2.37. The molecular weight excluding hydrogens is 332 g/mol. The molecule has 6 heteroatoms. The van der Waals surface area contributed by atoms with Crippen LogP contribution in [-0.2, 0) is 6.54 Å². The molecule has 2 unspecified atom stereocenters. The summed E-state index contributed by atoms with van der Waals surface area (Å²) in [7, 11) is 0. The van der Waals surface area contributed by atoms with E-state index in [4.69, 9.17) is 4.42 Å². The van der Waals surface area contributed by atoms with Gasteiger partial charge in [0, 0.05) is 29.6 Å². The van der Waals surface area contributed by atoms with E-state index in [1.165, 1.54) is 0 Å². The number of rotatable bonds is 3. The Morgan fingerprint density at radius 3 is 2.95 bits per heavy atom. The zero-order valence-electron chi connectivity index (χ0n) is 12.2. The van der Waals surface area contributed by atoms with Crippen LogP contribution in [0.25, 0.3) is 11.5 Å². The molecule has 1 fully saturated rings. The molecule has 2 atom stereocenters. The van der Waals surface area contributed by atoms with Gasteiger partial charge >= 0.3 is 0 Å². The predicted molar refractivity (Wildman–Crippen MR) is 84.8 cm³/mol. The highest BCUT2D eigenvalue weighted by Crippen LogP contribution is 2.27. The van der Waals surface area contributed by atoms with Crippen molar-refractivity contribution in [1.82, 2.24) is 20.4 Å². The quantitative estimate of drug-likeness (QED) is 0.922. The van der Waals surface area contributed by atoms with Crippen molar-refractivity contribution in [3.8, 4) is 11.5 Å². The minimum absolute atomic E-state index is 0.472. The molecule has 5 nitrogen and oxygen atoms in total. The highest BCUT2D eigenvalue weighted by Gasteiger charge is 2.24. The van der Waals surface area contributed by atoms with Gasteiger partial charge in [-0.3, -0.25) is 4.90 Å². The zero-order valence-corrected chi connectivity index (χ0v) is 13.8. The highest BCUT2D eigenvalue weighted by molar-refractivity contribution is 9.10. The Bertz CT molecular complexity index is 615. The third-order valence-corrected chi connectivity index (χ3v) is 4.49. The minimum atomic E-state index is 0.472. The largest absolute Gasteiger partial charge is 0.419 e. The van der Waals surface area contributed by atoms with Crippen LogP contribution in [0.1, 0.15) is 19.7 Å². The Hall–Kier alpha value is -1.24. The second-order valence-corrected chi connectivity index (χ2v) is 6.42. The first-order valence-corrected chi connectivity index (χ1v) is 7.97. The van der Waals surface area contributed by atoms with Gasteiger partial charge in [-0.2, -0.15) is 0 Å². The maximum Gasteiger partial charge on any atom is 0.248 e. The van der Waals surface area contributed by atoms with Gasteiger partial charge in [-0.25, -0.2) is 0 Å². The summed E-state index contributed by atoms with van der Waals surface area (Å²) in [6, 6.07) is 8.83. The third-order valence-electron chi connectivity index (χ3n) is 3.80. The zero-order chi connectivity index (χ0) is 14.8. The molecule has 1 saturated heterocycles. The van der Waals surface area contributed by atoms with Crippen LogP contribution in [-0.4, -0.2) is 40.3 Å². The number of benzene rings is 1. The van der Waals surface area contributed by atoms with Crippen molar-refractivity contribution in [3.63, 3.8) is 0 Å². The van der Waals surface area contributed by atoms with E-state index in [0.717, 1.165) is 23.1 Å². The molecule has 2 aromatic rings. The number of aromatic nitrogens is 2. The van der Waals surface area contributed by atoms with Gasteiger partial charge in [0.15, 0.2) is 0 Å². The van der Waals surface area contributed by atoms with E-state index >= 15 is 0 Å². The van der Waals surface area contributed by atoms with E-state index in [1.807, 2.05) is 24.3 Å². The monoisotopic (exact) mass is 350 g/mol. The lowest BCUT2D eigenvalue weighted by atomic mass is 10.1. The number of piperazine rings is 1. The fourth-order valence-corrected chi connectivity index (χ4v) is 3.01. The van der Waals surface area contributed by atoms with Crippen molar-refractivity contribution < 1.29 is 4.42 Å². The Morgan fingerprint density at radius 2 is 2.14 bits per heavy atom. The molecule has 1 aromatic heterocycles. The molecule has 0 bridgehead atoms. The predicted octanol–water partition coefficient (Wildman–Crippen LogP) is 2.68. The molecule has 0 spiro atoms. The van der Waals surface area contributed by atoms with E-state index in [0.29, 0.717) is 30.4 Å². The van der Waals surface area contributed by atoms with Crippen molar-refractivity contribution in [1.29, 1.82) is 0 Å². The smallest absolute Gasteiger partial charge is 0.248 e. The standard InChI is InChI=1S/C15H19BrN4O/c1-10-8-20(11(2)7-17-10)9-14-18-19-15(21-14)12-5-3-4-6-13(12)16/h3-6,10-11,17H,7-9H2,1-2H3. The molecule has 1 N–H and O–H groups in total. The minimum Gasteiger partial charge on any atom is -0.419 e. The van der Waals surface area contributed by atoms with E-state index in [9.17, 15) is 0 Å². The van der Waals surface area contributed by atoms with Crippen molar-refractivity contribution in [3.05, 3.63) is 34.6 Å². The molecule has 1 aromatic carbocycles. The van der Waals surface area contributed by atoms with Gasteiger partial charge in [-0.15, -0.1) is 10.2 Å². The number of nitrogens with one attached hydrogen (secondary N) is 1. The Kier molecular flexibility index (Phi) is 4.37. The summed E-state index contributed by atoms with van der Waals surface area (Å²) in [5, 5.41) is 11.8. The summed E-state index contributed by atoms with van der Waals surface area (Å²) in [6.45, 7) is 7.09. The SMILES string of the molecule is CC1CN(Cc2nnc(-c3ccccc3Br)o2)C(C)CN1. The second-order valence-electron chi connectivity index (χ2n) is 5.57. The molecule has 2 heterocycles. The summed E-state index contributed by atoms with van der Waals surface area (Å²) < 4.78 is 6.78. The van der Waals surface area contributed by atoms with Crippen LogP contribution in [0.3, 0.4) is 0 Å². The molecule has 1 aliphatic heterocycles. The van der Waals surface area contributed by atoms with Gasteiger partial charge < -0.3 is 9.73 Å². The maximum atomic E-state index is 5.82. The van der Waals surface area contributed by atoms with E-state index in [2.05, 4.69) is 50.2 Å². The van der Waals surface area contributed by atoms with Gasteiger partial charge in [0.05, 0.1) is 12.1 Å². The fraction of sp³-hybridized carbons (Fsp3) is 0.467. The fourth-order valence-electron chi connectivity index (χ4n) is 2.55. The van der Waals surface area contributed by atoms with Gasteiger partial charge in [0.1, 0.15) is 0 Å². The normalized spacial score (nSPS) is 23.4. The van der Waals surface area contributed by atoms with E-state index < -0.39 is 0 Å². The van der Waals surface area contributed by atoms with Gasteiger partial charge in [0.25, 0.3) is 0 Å². The van der Waals surface area contributed by atoms with Crippen molar-refractivity contribution in [2.75, 3.05) is 13.1 Å². The summed E-state index contributed by atoms with van der Waals surface area (Å²) in [5.41, 5.74) is 0.929. The van der Waals surface area contributed by atoms with Crippen LogP contribution in [0, 0.1) is 0 Å². The Labute approximate surface area is 132 Å². The van der Waals surface area contributed by atoms with Gasteiger partial charge in [-0.05, 0) is 41.9 Å². The lowest BCUT2D eigenvalue weighted by Gasteiger charge is -2.36. The molecule has 0 radical (unpaired) electrons. The Morgan fingerprint density at radius 1 is 1.33 bits per heavy atom. The van der Waals surface area contributed by atoms with Crippen LogP contribution in [0.5, 0.6) is 0 Å². The van der Waals surface area contributed by atoms with Crippen LogP contribution in [0.2, 0.25) is 0 Å². The van der Waals surface area contributed by atoms with Crippen LogP contribution < -0.4 is 5.32 Å². The average Bonchev–Trinajstić information content (AvgIpc) is 2.92. The first kappa shape index (κ1) is 14.7. The van der Waals surface area contributed by atoms with Crippen LogP contribution in [0.15, 0.2) is 33.2 Å². The lowest BCUT2D eigenvalue weighted by molar-refractivity contribution is 0.127. The summed E-state index contributed by atoms with van der Waals surface area (Å²) >= 11 is 3.51. The van der Waals surface area contributed by atoms with Crippen LogP contribution >= 0.6 is 15.9 Å². The molecule has 112 valence electrons. The van der Waals surface area contributed by atoms with Crippen LogP contribution in [0.4, 0.5) is 0 Å². The molecule has 0 amide bonds. The van der Waals surface area contributed by atoms with E-state index in [1.54, 1.807) is 0 Å². The number of halogens is 1. The molecule has 0 aliphatic carbocycles. The number of hydrogen-bond acceptors (Lipinski definition) is 5. The molecule has 0 saturated carbocycles. The van der Waals surface area contributed by atoms with Crippen molar-refractivity contribution >= 4 is 15.9 Å². The van der Waals surface area contributed by atoms with Gasteiger partial charge in [-0.1, -0.05) is 12.1 Å². The molecule has 21 heavy (non-hydrogen) atoms. The maximum absolute atomic E-state index is 5.82. The molecule has 3 rings (SSSR count). The molecule has 1 aliphatic rings. The average molecular weight is 351 g/mol. The highest BCUT2D eigenvalue weighted by atomic mass is 79.9. The Balaban J connectivity index is 1.75. The van der Waals surface area contributed by atoms with Crippen molar-refractivity contribution in [2.24, 2.45) is 0 Å². The van der Waals surface area contributed by atoms with Crippen molar-refractivity contribution in [2.45, 2.75) is 32.5 Å². The number of hydrogen-bond donors (Lipinski definition) is 1. The van der Waals surface area contributed by atoms with E-state index in [-0.39, 0.29) is 0 Å². The van der Waals surface area contributed by atoms with Gasteiger partial charge in [0.2, 0.25) is 11.8 Å². The second kappa shape index (κ2) is 6.25. The summed E-state index contributed by atoms with van der Waals surface area (Å²) in [5.74, 6) is 1.23. The first-order chi connectivity index (χ1) is 10.1. The molecular formula is C15H19BrN4O. The number of nitrogens with zero attached hydrogens (tertiary/aromatic N) is 3. The summed E-state index contributed by atoms with van der Waals surface area (Å²) in [6.07, 6.45) is 0. The first-order valence-electron chi connectivity index (χ1n) is 7.18.